The van der Waals surface area contributed by atoms with Crippen LogP contribution in [0.5, 0.6) is 0 Å². The van der Waals surface area contributed by atoms with E-state index in [0.29, 0.717) is 10.8 Å². The van der Waals surface area contributed by atoms with Gasteiger partial charge in [-0.05, 0) is 29.3 Å². The van der Waals surface area contributed by atoms with E-state index in [-0.39, 0.29) is 11.0 Å². The Hall–Kier alpha value is -3.81. The fourth-order valence-electron chi connectivity index (χ4n) is 6.45. The Morgan fingerprint density at radius 3 is 1.61 bits per heavy atom. The van der Waals surface area contributed by atoms with Gasteiger partial charge in [0, 0.05) is 28.6 Å². The number of para-hydroxylation sites is 1. The van der Waals surface area contributed by atoms with Crippen molar-refractivity contribution in [2.24, 2.45) is 0 Å². The lowest BCUT2D eigenvalue weighted by atomic mass is 9.83. The molecule has 3 rings (SSSR count). The molecule has 0 bridgehead atoms. The third-order valence-electron chi connectivity index (χ3n) is 9.14. The number of nitrogens with zero attached hydrogens (tertiary/aromatic N) is 4. The Morgan fingerprint density at radius 2 is 1.11 bits per heavy atom. The molecule has 0 spiro atoms. The van der Waals surface area contributed by atoms with E-state index in [1.165, 1.54) is 108 Å². The lowest BCUT2D eigenvalue weighted by molar-refractivity contribution is 0.529. The summed E-state index contributed by atoms with van der Waals surface area (Å²) in [6.07, 6.45) is 23.8. The highest BCUT2D eigenvalue weighted by molar-refractivity contribution is 5.78. The Kier molecular flexibility index (Phi) is 14.8. The molecule has 0 saturated heterocycles. The van der Waals surface area contributed by atoms with Crippen molar-refractivity contribution in [3.8, 4) is 18.2 Å². The van der Waals surface area contributed by atoms with Gasteiger partial charge in [-0.15, -0.1) is 0 Å². The molecule has 0 radical (unpaired) electrons. The summed E-state index contributed by atoms with van der Waals surface area (Å²) in [6, 6.07) is 22.0. The van der Waals surface area contributed by atoms with Crippen LogP contribution in [-0.2, 0) is 5.41 Å². The van der Waals surface area contributed by atoms with Gasteiger partial charge in [0.15, 0.2) is 0 Å². The second kappa shape index (κ2) is 18.8. The molecule has 0 unspecified atom stereocenters. The van der Waals surface area contributed by atoms with Crippen molar-refractivity contribution >= 4 is 16.8 Å². The highest BCUT2D eigenvalue weighted by Gasteiger charge is 2.39. The first-order valence-electron chi connectivity index (χ1n) is 17.1. The van der Waals surface area contributed by atoms with Crippen molar-refractivity contribution in [2.45, 2.75) is 129 Å². The summed E-state index contributed by atoms with van der Waals surface area (Å²) in [4.78, 5) is 2.42. The number of anilines is 1. The number of hydrogen-bond acceptors (Lipinski definition) is 4. The van der Waals surface area contributed by atoms with Crippen molar-refractivity contribution in [1.82, 2.24) is 0 Å². The van der Waals surface area contributed by atoms with Crippen molar-refractivity contribution in [3.05, 3.63) is 76.3 Å². The van der Waals surface area contributed by atoms with Crippen LogP contribution in [0.15, 0.2) is 60.3 Å². The molecule has 1 heterocycles. The number of nitriles is 3. The minimum absolute atomic E-state index is 0.0748. The molecule has 0 aromatic heterocycles. The molecule has 0 atom stereocenters. The van der Waals surface area contributed by atoms with E-state index in [4.69, 9.17) is 0 Å². The van der Waals surface area contributed by atoms with E-state index in [9.17, 15) is 15.8 Å². The maximum absolute atomic E-state index is 10.1. The highest BCUT2D eigenvalue weighted by atomic mass is 15.2. The normalized spacial score (nSPS) is 14.1. The highest BCUT2D eigenvalue weighted by Crippen LogP contribution is 2.48. The molecule has 0 saturated carbocycles. The Bertz CT molecular complexity index is 1440. The molecular formula is C40H52N4. The summed E-state index contributed by atoms with van der Waals surface area (Å²) in [5.41, 5.74) is 4.10. The van der Waals surface area contributed by atoms with Crippen LogP contribution in [0, 0.1) is 34.0 Å². The van der Waals surface area contributed by atoms with Gasteiger partial charge in [0.2, 0.25) is 0 Å². The zero-order valence-electron chi connectivity index (χ0n) is 27.5. The van der Waals surface area contributed by atoms with E-state index in [0.717, 1.165) is 23.9 Å². The minimum Gasteiger partial charge on any atom is -0.344 e. The number of unbranched alkanes of at least 4 members (excludes halogenated alkanes) is 15. The van der Waals surface area contributed by atoms with Crippen LogP contribution < -0.4 is 15.3 Å². The van der Waals surface area contributed by atoms with Crippen molar-refractivity contribution in [2.75, 3.05) is 11.4 Å². The molecule has 1 aliphatic heterocycles. The van der Waals surface area contributed by atoms with Crippen LogP contribution in [0.2, 0.25) is 0 Å². The topological polar surface area (TPSA) is 74.6 Å². The van der Waals surface area contributed by atoms with Gasteiger partial charge in [-0.1, -0.05) is 160 Å². The molecule has 2 aromatic rings. The molecule has 4 nitrogen and oxygen atoms in total. The molecule has 232 valence electrons. The predicted octanol–water partition coefficient (Wildman–Crippen LogP) is 9.50. The van der Waals surface area contributed by atoms with Gasteiger partial charge < -0.3 is 4.90 Å². The smallest absolute Gasteiger partial charge is 0.136 e. The summed E-state index contributed by atoms with van der Waals surface area (Å²) in [6.45, 7) is 7.70. The second-order valence-electron chi connectivity index (χ2n) is 12.8. The zero-order chi connectivity index (χ0) is 31.6. The molecule has 44 heavy (non-hydrogen) atoms. The quantitative estimate of drug-likeness (QED) is 0.163. The third kappa shape index (κ3) is 9.86. The third-order valence-corrected chi connectivity index (χ3v) is 9.14. The van der Waals surface area contributed by atoms with Gasteiger partial charge in [-0.2, -0.15) is 15.8 Å². The molecule has 0 N–H and O–H groups in total. The molecule has 0 fully saturated rings. The average Bonchev–Trinajstić information content (AvgIpc) is 3.25. The monoisotopic (exact) mass is 588 g/mol. The van der Waals surface area contributed by atoms with Crippen molar-refractivity contribution in [3.63, 3.8) is 0 Å². The molecule has 0 amide bonds. The summed E-state index contributed by atoms with van der Waals surface area (Å²) < 4.78 is 0. The standard InChI is InChI=1S/C40H52N4/c1-4-5-6-7-8-9-10-11-12-13-14-15-16-17-18-21-28-44-38-23-20-19-22-37(38)40(2,3)39(44)29-35(30-41)33-24-26-34(27-25-33)36(31-42)32-43/h19-20,22-27,29H,4-18,21,28H2,1-3H3/b39-29+. The largest absolute Gasteiger partial charge is 0.344 e. The summed E-state index contributed by atoms with van der Waals surface area (Å²) in [5.74, 6) is 0. The van der Waals surface area contributed by atoms with Crippen LogP contribution in [0.4, 0.5) is 5.69 Å². The minimum atomic E-state index is -0.226. The SMILES string of the molecule is CCCCCCCCCCCCCCCCCCN1/C(=C/C(C#N)=c2ccc(=C(C#N)C#N)cc2)C(C)(C)c2ccccc21. The average molecular weight is 589 g/mol. The fraction of sp³-hybridized carbons (Fsp3) is 0.525. The lowest BCUT2D eigenvalue weighted by Crippen LogP contribution is -2.27. The number of rotatable bonds is 18. The van der Waals surface area contributed by atoms with Gasteiger partial charge in [0.1, 0.15) is 17.7 Å². The van der Waals surface area contributed by atoms with Gasteiger partial charge >= 0.3 is 0 Å². The predicted molar refractivity (Wildman–Crippen MR) is 184 cm³/mol. The first-order chi connectivity index (χ1) is 21.5. The van der Waals surface area contributed by atoms with Crippen LogP contribution >= 0.6 is 0 Å². The number of fused-ring (bicyclic) bond motifs is 1. The molecule has 2 aromatic carbocycles. The lowest BCUT2D eigenvalue weighted by Gasteiger charge is -2.27. The summed E-state index contributed by atoms with van der Waals surface area (Å²) in [7, 11) is 0. The Morgan fingerprint density at radius 1 is 0.636 bits per heavy atom. The first-order valence-corrected chi connectivity index (χ1v) is 17.1. The van der Waals surface area contributed by atoms with E-state index >= 15 is 0 Å². The van der Waals surface area contributed by atoms with Crippen molar-refractivity contribution < 1.29 is 0 Å². The van der Waals surface area contributed by atoms with Crippen LogP contribution in [0.3, 0.4) is 0 Å². The summed E-state index contributed by atoms with van der Waals surface area (Å²) >= 11 is 0. The molecular weight excluding hydrogens is 536 g/mol. The van der Waals surface area contributed by atoms with Gasteiger partial charge in [0.25, 0.3) is 0 Å². The zero-order valence-corrected chi connectivity index (χ0v) is 27.5. The van der Waals surface area contributed by atoms with Crippen molar-refractivity contribution in [1.29, 1.82) is 15.8 Å². The number of hydrogen-bond donors (Lipinski definition) is 0. The Labute approximate surface area is 267 Å². The Balaban J connectivity index is 1.54. The maximum Gasteiger partial charge on any atom is 0.136 e. The van der Waals surface area contributed by atoms with Crippen LogP contribution in [0.1, 0.15) is 129 Å². The van der Waals surface area contributed by atoms with E-state index < -0.39 is 0 Å². The van der Waals surface area contributed by atoms with Crippen LogP contribution in [0.25, 0.3) is 11.1 Å². The van der Waals surface area contributed by atoms with Gasteiger partial charge in [0.05, 0.1) is 11.6 Å². The van der Waals surface area contributed by atoms with Gasteiger partial charge in [-0.3, -0.25) is 0 Å². The number of allylic oxidation sites excluding steroid dienone is 2. The summed E-state index contributed by atoms with van der Waals surface area (Å²) in [5, 5.41) is 29.9. The second-order valence-corrected chi connectivity index (χ2v) is 12.8. The van der Waals surface area contributed by atoms with Gasteiger partial charge in [-0.25, -0.2) is 0 Å². The first kappa shape index (κ1) is 34.7. The molecule has 0 aliphatic carbocycles. The van der Waals surface area contributed by atoms with E-state index in [1.54, 1.807) is 12.1 Å². The van der Waals surface area contributed by atoms with E-state index in [2.05, 4.69) is 56.0 Å². The van der Waals surface area contributed by atoms with Crippen LogP contribution in [-0.4, -0.2) is 6.54 Å². The maximum atomic E-state index is 10.1. The fourth-order valence-corrected chi connectivity index (χ4v) is 6.45. The molecule has 1 aliphatic rings. The molecule has 4 heteroatoms. The number of benzene rings is 2. The van der Waals surface area contributed by atoms with E-state index in [1.807, 2.05) is 30.3 Å².